The van der Waals surface area contributed by atoms with Gasteiger partial charge in [0.1, 0.15) is 11.6 Å². The topological polar surface area (TPSA) is 60.5 Å². The normalized spacial score (nSPS) is 20.2. The van der Waals surface area contributed by atoms with Gasteiger partial charge >= 0.3 is 0 Å². The first kappa shape index (κ1) is 15.4. The van der Waals surface area contributed by atoms with E-state index in [2.05, 4.69) is 9.55 Å². The van der Waals surface area contributed by atoms with Gasteiger partial charge in [-0.25, -0.2) is 4.98 Å². The minimum absolute atomic E-state index is 0.00883. The summed E-state index contributed by atoms with van der Waals surface area (Å²) < 4.78 is 13.3. The van der Waals surface area contributed by atoms with Gasteiger partial charge in [-0.2, -0.15) is 0 Å². The van der Waals surface area contributed by atoms with Crippen molar-refractivity contribution < 1.29 is 13.9 Å². The number of hydrogen-bond donors (Lipinski definition) is 0. The van der Waals surface area contributed by atoms with Gasteiger partial charge in [-0.15, -0.1) is 0 Å². The van der Waals surface area contributed by atoms with Crippen molar-refractivity contribution >= 4 is 5.91 Å². The molecule has 2 aromatic heterocycles. The number of nitrogens with zero attached hydrogens (tertiary/aromatic N) is 3. The quantitative estimate of drug-likeness (QED) is 0.846. The number of amides is 1. The molecule has 0 aromatic carbocycles. The molecule has 1 atom stereocenters. The Kier molecular flexibility index (Phi) is 3.92. The number of imidazole rings is 1. The Morgan fingerprint density at radius 3 is 2.96 bits per heavy atom. The second kappa shape index (κ2) is 6.09. The van der Waals surface area contributed by atoms with Crippen molar-refractivity contribution in [3.63, 3.8) is 0 Å². The first-order valence-corrected chi connectivity index (χ1v) is 8.62. The van der Waals surface area contributed by atoms with Crippen molar-refractivity contribution in [2.75, 3.05) is 13.2 Å². The van der Waals surface area contributed by atoms with E-state index in [1.807, 2.05) is 24.9 Å². The maximum atomic E-state index is 12.8. The number of carbonyl (C=O) groups excluding carboxylic acids is 1. The van der Waals surface area contributed by atoms with Crippen LogP contribution < -0.4 is 0 Å². The highest BCUT2D eigenvalue weighted by atomic mass is 16.5. The number of aromatic nitrogens is 2. The summed E-state index contributed by atoms with van der Waals surface area (Å²) in [5.74, 6) is 2.37. The first-order valence-electron chi connectivity index (χ1n) is 8.62. The predicted molar refractivity (Wildman–Crippen MR) is 87.5 cm³/mol. The van der Waals surface area contributed by atoms with Gasteiger partial charge in [0.05, 0.1) is 36.4 Å². The van der Waals surface area contributed by atoms with E-state index in [0.29, 0.717) is 24.5 Å². The molecule has 0 spiro atoms. The lowest BCUT2D eigenvalue weighted by Gasteiger charge is -2.34. The molecule has 0 unspecified atom stereocenters. The lowest BCUT2D eigenvalue weighted by atomic mass is 10.1. The highest BCUT2D eigenvalue weighted by Crippen LogP contribution is 2.30. The Morgan fingerprint density at radius 2 is 2.25 bits per heavy atom. The van der Waals surface area contributed by atoms with Crippen molar-refractivity contribution in [1.29, 1.82) is 0 Å². The van der Waals surface area contributed by atoms with Gasteiger partial charge in [0, 0.05) is 19.7 Å². The zero-order valence-electron chi connectivity index (χ0n) is 14.2. The molecule has 24 heavy (non-hydrogen) atoms. The van der Waals surface area contributed by atoms with Crippen LogP contribution in [0.4, 0.5) is 0 Å². The minimum Gasteiger partial charge on any atom is -0.469 e. The van der Waals surface area contributed by atoms with Crippen LogP contribution in [0.1, 0.15) is 53.4 Å². The number of hydrogen-bond acceptors (Lipinski definition) is 4. The molecule has 1 aliphatic heterocycles. The summed E-state index contributed by atoms with van der Waals surface area (Å²) in [5, 5.41) is 0. The molecule has 2 aromatic rings. The van der Waals surface area contributed by atoms with Crippen LogP contribution in [0.5, 0.6) is 0 Å². The van der Waals surface area contributed by atoms with E-state index in [1.54, 1.807) is 12.3 Å². The largest absolute Gasteiger partial charge is 0.469 e. The van der Waals surface area contributed by atoms with Gasteiger partial charge in [0.15, 0.2) is 0 Å². The van der Waals surface area contributed by atoms with Gasteiger partial charge in [0.25, 0.3) is 5.91 Å². The van der Waals surface area contributed by atoms with Crippen LogP contribution in [0.2, 0.25) is 0 Å². The van der Waals surface area contributed by atoms with Crippen molar-refractivity contribution in [1.82, 2.24) is 14.5 Å². The fourth-order valence-electron chi connectivity index (χ4n) is 3.33. The molecule has 2 aliphatic rings. The summed E-state index contributed by atoms with van der Waals surface area (Å²) in [6, 6.07) is 1.68. The maximum Gasteiger partial charge on any atom is 0.258 e. The zero-order valence-corrected chi connectivity index (χ0v) is 14.2. The van der Waals surface area contributed by atoms with Crippen LogP contribution >= 0.6 is 0 Å². The molecular formula is C18H23N3O3. The minimum atomic E-state index is -0.0577. The summed E-state index contributed by atoms with van der Waals surface area (Å²) in [6.45, 7) is 6.72. The monoisotopic (exact) mass is 329 g/mol. The summed E-state index contributed by atoms with van der Waals surface area (Å²) in [4.78, 5) is 19.2. The molecule has 1 aliphatic carbocycles. The summed E-state index contributed by atoms with van der Waals surface area (Å²) >= 11 is 0. The zero-order chi connectivity index (χ0) is 16.7. The van der Waals surface area contributed by atoms with Gasteiger partial charge in [-0.1, -0.05) is 0 Å². The third kappa shape index (κ3) is 2.75. The van der Waals surface area contributed by atoms with Crippen molar-refractivity contribution in [3.8, 4) is 0 Å². The maximum absolute atomic E-state index is 12.8. The van der Waals surface area contributed by atoms with Crippen LogP contribution in [-0.4, -0.2) is 33.5 Å². The lowest BCUT2D eigenvalue weighted by Crippen LogP contribution is -2.41. The van der Waals surface area contributed by atoms with Gasteiger partial charge in [0.2, 0.25) is 0 Å². The molecule has 1 fully saturated rings. The Morgan fingerprint density at radius 1 is 1.42 bits per heavy atom. The molecule has 4 rings (SSSR count). The smallest absolute Gasteiger partial charge is 0.258 e. The molecule has 6 nitrogen and oxygen atoms in total. The van der Waals surface area contributed by atoms with Crippen LogP contribution in [0, 0.1) is 12.8 Å². The highest BCUT2D eigenvalue weighted by molar-refractivity contribution is 5.95. The number of furan rings is 1. The SMILES string of the molecule is Cc1occc1C(=O)N1CCn2c(COCC3CC3)cnc2[C@@H]1C. The van der Waals surface area contributed by atoms with Crippen LogP contribution in [0.15, 0.2) is 22.9 Å². The molecule has 128 valence electrons. The number of aryl methyl sites for hydroxylation is 1. The van der Waals surface area contributed by atoms with E-state index >= 15 is 0 Å². The van der Waals surface area contributed by atoms with E-state index in [1.165, 1.54) is 12.8 Å². The van der Waals surface area contributed by atoms with Crippen molar-refractivity contribution in [3.05, 3.63) is 41.4 Å². The van der Waals surface area contributed by atoms with Crippen molar-refractivity contribution in [2.45, 2.75) is 45.9 Å². The fourth-order valence-corrected chi connectivity index (χ4v) is 3.33. The standard InChI is InChI=1S/C18H23N3O3/c1-12-17-19-9-15(11-23-10-14-3-4-14)21(17)7-6-20(12)18(22)16-5-8-24-13(16)2/h5,8-9,12,14H,3-4,6-7,10-11H2,1-2H3/t12-/m0/s1. The second-order valence-electron chi connectivity index (χ2n) is 6.78. The van der Waals surface area contributed by atoms with E-state index in [0.717, 1.165) is 30.6 Å². The molecule has 0 radical (unpaired) electrons. The highest BCUT2D eigenvalue weighted by Gasteiger charge is 2.32. The average molecular weight is 329 g/mol. The Balaban J connectivity index is 1.48. The van der Waals surface area contributed by atoms with Gasteiger partial charge < -0.3 is 18.6 Å². The Labute approximate surface area is 141 Å². The lowest BCUT2D eigenvalue weighted by molar-refractivity contribution is 0.0625. The number of rotatable bonds is 5. The number of fused-ring (bicyclic) bond motifs is 1. The molecule has 0 N–H and O–H groups in total. The van der Waals surface area contributed by atoms with Crippen LogP contribution in [-0.2, 0) is 17.9 Å². The molecule has 1 amide bonds. The number of carbonyl (C=O) groups is 1. The Hall–Kier alpha value is -2.08. The van der Waals surface area contributed by atoms with E-state index in [9.17, 15) is 4.79 Å². The van der Waals surface area contributed by atoms with E-state index in [4.69, 9.17) is 9.15 Å². The first-order chi connectivity index (χ1) is 11.6. The summed E-state index contributed by atoms with van der Waals surface area (Å²) in [5.41, 5.74) is 1.74. The van der Waals surface area contributed by atoms with Crippen LogP contribution in [0.25, 0.3) is 0 Å². The fraction of sp³-hybridized carbons (Fsp3) is 0.556. The van der Waals surface area contributed by atoms with Crippen molar-refractivity contribution in [2.24, 2.45) is 5.92 Å². The third-order valence-corrected chi connectivity index (χ3v) is 5.03. The third-order valence-electron chi connectivity index (χ3n) is 5.03. The summed E-state index contributed by atoms with van der Waals surface area (Å²) in [7, 11) is 0. The molecule has 6 heteroatoms. The van der Waals surface area contributed by atoms with Gasteiger partial charge in [-0.05, 0) is 38.7 Å². The summed E-state index contributed by atoms with van der Waals surface area (Å²) in [6.07, 6.45) is 6.04. The molecule has 0 bridgehead atoms. The van der Waals surface area contributed by atoms with E-state index < -0.39 is 0 Å². The van der Waals surface area contributed by atoms with Gasteiger partial charge in [-0.3, -0.25) is 4.79 Å². The molecule has 0 saturated heterocycles. The predicted octanol–water partition coefficient (Wildman–Crippen LogP) is 2.93. The number of ether oxygens (including phenoxy) is 1. The Bertz CT molecular complexity index is 745. The van der Waals surface area contributed by atoms with E-state index in [-0.39, 0.29) is 11.9 Å². The molecule has 3 heterocycles. The average Bonchev–Trinajstić information content (AvgIpc) is 3.14. The second-order valence-corrected chi connectivity index (χ2v) is 6.78. The van der Waals surface area contributed by atoms with Crippen LogP contribution in [0.3, 0.4) is 0 Å². The molecular weight excluding hydrogens is 306 g/mol. The molecule has 1 saturated carbocycles.